The van der Waals surface area contributed by atoms with Crippen molar-refractivity contribution in [1.82, 2.24) is 0 Å². The van der Waals surface area contributed by atoms with E-state index in [0.29, 0.717) is 6.61 Å². The van der Waals surface area contributed by atoms with Crippen LogP contribution >= 0.6 is 0 Å². The third kappa shape index (κ3) is 3.58. The largest absolute Gasteiger partial charge is 0.493 e. The van der Waals surface area contributed by atoms with Gasteiger partial charge in [-0.1, -0.05) is 19.1 Å². The lowest BCUT2D eigenvalue weighted by molar-refractivity contribution is -0.133. The summed E-state index contributed by atoms with van der Waals surface area (Å²) >= 11 is 0. The van der Waals surface area contributed by atoms with Crippen molar-refractivity contribution in [3.05, 3.63) is 35.9 Å². The Hall–Kier alpha value is -1.81. The third-order valence-corrected chi connectivity index (χ3v) is 3.41. The van der Waals surface area contributed by atoms with Crippen molar-refractivity contribution in [2.45, 2.75) is 13.3 Å². The summed E-state index contributed by atoms with van der Waals surface area (Å²) in [7, 11) is 0. The van der Waals surface area contributed by atoms with E-state index in [4.69, 9.17) is 14.6 Å². The fourth-order valence-corrected chi connectivity index (χ4v) is 1.86. The highest BCUT2D eigenvalue weighted by atomic mass is 16.5. The van der Waals surface area contributed by atoms with Crippen molar-refractivity contribution in [3.63, 3.8) is 0 Å². The molecule has 0 spiro atoms. The van der Waals surface area contributed by atoms with Gasteiger partial charge in [-0.15, -0.1) is 0 Å². The predicted molar refractivity (Wildman–Crippen MR) is 72.1 cm³/mol. The molecule has 0 amide bonds. The molecule has 0 bridgehead atoms. The Labute approximate surface area is 112 Å². The highest BCUT2D eigenvalue weighted by Gasteiger charge is 2.37. The molecule has 1 fully saturated rings. The molecule has 0 aliphatic carbocycles. The second-order valence-corrected chi connectivity index (χ2v) is 4.88. The van der Waals surface area contributed by atoms with Crippen molar-refractivity contribution < 1.29 is 19.4 Å². The van der Waals surface area contributed by atoms with E-state index >= 15 is 0 Å². The molecule has 4 heteroatoms. The van der Waals surface area contributed by atoms with Gasteiger partial charge in [0, 0.05) is 6.08 Å². The molecule has 1 aliphatic heterocycles. The van der Waals surface area contributed by atoms with Crippen molar-refractivity contribution in [1.29, 1.82) is 0 Å². The first kappa shape index (κ1) is 13.6. The summed E-state index contributed by atoms with van der Waals surface area (Å²) in [5, 5.41) is 8.54. The highest BCUT2D eigenvalue weighted by Crippen LogP contribution is 2.31. The number of rotatable bonds is 6. The third-order valence-electron chi connectivity index (χ3n) is 3.41. The first-order valence-corrected chi connectivity index (χ1v) is 6.35. The minimum Gasteiger partial charge on any atom is -0.493 e. The van der Waals surface area contributed by atoms with Crippen LogP contribution in [0.3, 0.4) is 0 Å². The normalized spacial score (nSPS) is 17.1. The Morgan fingerprint density at radius 3 is 2.58 bits per heavy atom. The summed E-state index contributed by atoms with van der Waals surface area (Å²) in [5.74, 6) is -0.151. The zero-order valence-corrected chi connectivity index (χ0v) is 11.0. The van der Waals surface area contributed by atoms with Crippen molar-refractivity contribution in [2.24, 2.45) is 5.41 Å². The maximum absolute atomic E-state index is 10.4. The highest BCUT2D eigenvalue weighted by molar-refractivity contribution is 5.85. The van der Waals surface area contributed by atoms with Crippen LogP contribution in [0.2, 0.25) is 0 Å². The summed E-state index contributed by atoms with van der Waals surface area (Å²) in [6.07, 6.45) is 3.72. The molecule has 1 aromatic carbocycles. The van der Waals surface area contributed by atoms with Crippen LogP contribution in [-0.4, -0.2) is 30.9 Å². The summed E-state index contributed by atoms with van der Waals surface area (Å²) in [5.41, 5.74) is 1.01. The summed E-state index contributed by atoms with van der Waals surface area (Å²) in [4.78, 5) is 10.4. The van der Waals surface area contributed by atoms with Gasteiger partial charge >= 0.3 is 5.97 Å². The van der Waals surface area contributed by atoms with Gasteiger partial charge in [0.05, 0.1) is 25.2 Å². The fourth-order valence-electron chi connectivity index (χ4n) is 1.86. The average Bonchev–Trinajstić information content (AvgIpc) is 2.37. The molecule has 0 atom stereocenters. The smallest absolute Gasteiger partial charge is 0.328 e. The van der Waals surface area contributed by atoms with Gasteiger partial charge in [0.25, 0.3) is 0 Å². The van der Waals surface area contributed by atoms with E-state index in [1.807, 2.05) is 24.3 Å². The first-order valence-electron chi connectivity index (χ1n) is 6.35. The van der Waals surface area contributed by atoms with Gasteiger partial charge in [-0.25, -0.2) is 4.79 Å². The van der Waals surface area contributed by atoms with Crippen LogP contribution in [0.5, 0.6) is 5.75 Å². The molecule has 1 aliphatic rings. The van der Waals surface area contributed by atoms with Gasteiger partial charge in [0.1, 0.15) is 5.75 Å². The van der Waals surface area contributed by atoms with Crippen LogP contribution in [0, 0.1) is 5.41 Å². The van der Waals surface area contributed by atoms with E-state index in [0.717, 1.165) is 37.0 Å². The summed E-state index contributed by atoms with van der Waals surface area (Å²) in [6, 6.07) is 7.38. The molecule has 19 heavy (non-hydrogen) atoms. The maximum atomic E-state index is 10.4. The van der Waals surface area contributed by atoms with Crippen LogP contribution in [0.25, 0.3) is 6.08 Å². The van der Waals surface area contributed by atoms with Gasteiger partial charge in [0.2, 0.25) is 0 Å². The second-order valence-electron chi connectivity index (χ2n) is 4.88. The maximum Gasteiger partial charge on any atom is 0.328 e. The molecule has 0 aromatic heterocycles. The quantitative estimate of drug-likeness (QED) is 0.801. The van der Waals surface area contributed by atoms with Crippen LogP contribution in [0.15, 0.2) is 30.3 Å². The molecule has 1 heterocycles. The monoisotopic (exact) mass is 262 g/mol. The molecular formula is C15H18O4. The van der Waals surface area contributed by atoms with E-state index in [9.17, 15) is 4.79 Å². The number of hydrogen-bond donors (Lipinski definition) is 1. The van der Waals surface area contributed by atoms with Crippen LogP contribution in [0.1, 0.15) is 18.9 Å². The molecular weight excluding hydrogens is 244 g/mol. The van der Waals surface area contributed by atoms with E-state index in [2.05, 4.69) is 6.92 Å². The van der Waals surface area contributed by atoms with Gasteiger partial charge in [-0.2, -0.15) is 0 Å². The lowest BCUT2D eigenvalue weighted by Gasteiger charge is -2.40. The molecule has 4 nitrogen and oxygen atoms in total. The Bertz CT molecular complexity index is 452. The topological polar surface area (TPSA) is 55.8 Å². The minimum absolute atomic E-state index is 0.169. The van der Waals surface area contributed by atoms with Crippen LogP contribution in [0.4, 0.5) is 0 Å². The molecule has 0 radical (unpaired) electrons. The SMILES string of the molecule is CCC1(COc2ccc(/C=C/C(=O)O)cc2)COC1. The van der Waals surface area contributed by atoms with Crippen LogP contribution in [-0.2, 0) is 9.53 Å². The fraction of sp³-hybridized carbons (Fsp3) is 0.400. The lowest BCUT2D eigenvalue weighted by Crippen LogP contribution is -2.46. The zero-order chi connectivity index (χ0) is 13.7. The van der Waals surface area contributed by atoms with Crippen molar-refractivity contribution in [3.8, 4) is 5.75 Å². The van der Waals surface area contributed by atoms with Gasteiger partial charge in [-0.3, -0.25) is 0 Å². The molecule has 0 saturated carbocycles. The minimum atomic E-state index is -0.949. The van der Waals surface area contributed by atoms with Crippen molar-refractivity contribution >= 4 is 12.0 Å². The Morgan fingerprint density at radius 1 is 1.42 bits per heavy atom. The van der Waals surface area contributed by atoms with Gasteiger partial charge in [-0.05, 0) is 30.2 Å². The Kier molecular flexibility index (Phi) is 4.22. The van der Waals surface area contributed by atoms with E-state index in [1.165, 1.54) is 0 Å². The van der Waals surface area contributed by atoms with E-state index in [1.54, 1.807) is 6.08 Å². The number of hydrogen-bond acceptors (Lipinski definition) is 3. The van der Waals surface area contributed by atoms with Gasteiger partial charge < -0.3 is 14.6 Å². The second kappa shape index (κ2) is 5.89. The number of aliphatic carboxylic acids is 1. The molecule has 102 valence electrons. The van der Waals surface area contributed by atoms with E-state index in [-0.39, 0.29) is 5.41 Å². The average molecular weight is 262 g/mol. The number of carboxylic acid groups (broad SMARTS) is 1. The lowest BCUT2D eigenvalue weighted by atomic mass is 9.84. The van der Waals surface area contributed by atoms with Crippen LogP contribution < -0.4 is 4.74 Å². The molecule has 1 aromatic rings. The molecule has 2 rings (SSSR count). The number of ether oxygens (including phenoxy) is 2. The molecule has 0 unspecified atom stereocenters. The number of carboxylic acids is 1. The zero-order valence-electron chi connectivity index (χ0n) is 11.0. The number of benzene rings is 1. The summed E-state index contributed by atoms with van der Waals surface area (Å²) < 4.78 is 11.0. The van der Waals surface area contributed by atoms with Gasteiger partial charge in [0.15, 0.2) is 0 Å². The first-order chi connectivity index (χ1) is 9.13. The Balaban J connectivity index is 1.90. The summed E-state index contributed by atoms with van der Waals surface area (Å²) in [6.45, 7) is 4.34. The van der Waals surface area contributed by atoms with Crippen molar-refractivity contribution in [2.75, 3.05) is 19.8 Å². The molecule has 1 N–H and O–H groups in total. The van der Waals surface area contributed by atoms with E-state index < -0.39 is 5.97 Å². The Morgan fingerprint density at radius 2 is 2.11 bits per heavy atom. The standard InChI is InChI=1S/C15H18O4/c1-2-15(9-18-10-15)11-19-13-6-3-12(4-7-13)5-8-14(16)17/h3-8H,2,9-11H2,1H3,(H,16,17)/b8-5+. The molecule has 1 saturated heterocycles. The predicted octanol–water partition coefficient (Wildman–Crippen LogP) is 2.59. The number of carbonyl (C=O) groups is 1.